The van der Waals surface area contributed by atoms with Crippen molar-refractivity contribution in [2.24, 2.45) is 5.92 Å². The van der Waals surface area contributed by atoms with Crippen LogP contribution in [0.4, 0.5) is 11.4 Å². The van der Waals surface area contributed by atoms with Gasteiger partial charge in [-0.15, -0.1) is 0 Å². The molecular formula is C24H29N3O5S. The van der Waals surface area contributed by atoms with Gasteiger partial charge in [-0.1, -0.05) is 0 Å². The van der Waals surface area contributed by atoms with Crippen LogP contribution in [0.5, 0.6) is 5.75 Å². The van der Waals surface area contributed by atoms with Crippen molar-refractivity contribution in [1.82, 2.24) is 4.31 Å². The quantitative estimate of drug-likeness (QED) is 0.723. The van der Waals surface area contributed by atoms with E-state index in [-0.39, 0.29) is 29.3 Å². The number of carbonyl (C=O) groups is 2. The van der Waals surface area contributed by atoms with E-state index < -0.39 is 15.9 Å². The van der Waals surface area contributed by atoms with Crippen molar-refractivity contribution in [2.75, 3.05) is 30.4 Å². The molecule has 9 heteroatoms. The number of ether oxygens (including phenoxy) is 1. The Morgan fingerprint density at radius 2 is 1.85 bits per heavy atom. The molecule has 2 atom stereocenters. The number of anilines is 2. The first-order chi connectivity index (χ1) is 15.7. The number of hydrogen-bond donors (Lipinski definition) is 1. The Labute approximate surface area is 194 Å². The highest BCUT2D eigenvalue weighted by Crippen LogP contribution is 2.35. The zero-order chi connectivity index (χ0) is 23.8. The van der Waals surface area contributed by atoms with Gasteiger partial charge in [-0.2, -0.15) is 4.31 Å². The van der Waals surface area contributed by atoms with Gasteiger partial charge in [0, 0.05) is 37.4 Å². The average Bonchev–Trinajstić information content (AvgIpc) is 3.14. The Kier molecular flexibility index (Phi) is 6.45. The Hall–Kier alpha value is -2.91. The maximum atomic E-state index is 13.4. The number of sulfonamides is 1. The van der Waals surface area contributed by atoms with Gasteiger partial charge in [-0.3, -0.25) is 9.59 Å². The van der Waals surface area contributed by atoms with Crippen molar-refractivity contribution in [3.05, 3.63) is 48.0 Å². The van der Waals surface area contributed by atoms with Gasteiger partial charge in [-0.25, -0.2) is 8.42 Å². The fraction of sp³-hybridized carbons (Fsp3) is 0.417. The van der Waals surface area contributed by atoms with Crippen LogP contribution in [0.25, 0.3) is 0 Å². The highest BCUT2D eigenvalue weighted by atomic mass is 32.2. The van der Waals surface area contributed by atoms with E-state index in [9.17, 15) is 18.0 Å². The van der Waals surface area contributed by atoms with Crippen molar-refractivity contribution in [2.45, 2.75) is 44.0 Å². The third-order valence-corrected chi connectivity index (χ3v) is 8.22. The number of piperidine rings is 1. The summed E-state index contributed by atoms with van der Waals surface area (Å²) in [5.74, 6) is 0.00919. The first kappa shape index (κ1) is 23.3. The lowest BCUT2D eigenvalue weighted by Crippen LogP contribution is -2.43. The minimum absolute atomic E-state index is 0.00327. The van der Waals surface area contributed by atoms with Gasteiger partial charge in [0.15, 0.2) is 0 Å². The number of methoxy groups -OCH3 is 1. The van der Waals surface area contributed by atoms with Crippen molar-refractivity contribution in [1.29, 1.82) is 0 Å². The molecule has 0 aliphatic carbocycles. The minimum Gasteiger partial charge on any atom is -0.497 e. The number of hydrogen-bond acceptors (Lipinski definition) is 5. The molecule has 8 nitrogen and oxygen atoms in total. The van der Waals surface area contributed by atoms with E-state index in [1.54, 1.807) is 54.5 Å². The molecule has 4 rings (SSSR count). The van der Waals surface area contributed by atoms with Crippen LogP contribution in [0.2, 0.25) is 0 Å². The van der Waals surface area contributed by atoms with E-state index in [1.807, 2.05) is 6.92 Å². The summed E-state index contributed by atoms with van der Waals surface area (Å²) in [6, 6.07) is 12.0. The Morgan fingerprint density at radius 3 is 2.52 bits per heavy atom. The summed E-state index contributed by atoms with van der Waals surface area (Å²) in [5.41, 5.74) is 2.26. The number of nitrogens with one attached hydrogen (secondary N) is 1. The Balaban J connectivity index is 1.49. The molecule has 0 radical (unpaired) electrons. The van der Waals surface area contributed by atoms with Gasteiger partial charge < -0.3 is 15.0 Å². The first-order valence-electron chi connectivity index (χ1n) is 11.1. The molecule has 2 aromatic carbocycles. The van der Waals surface area contributed by atoms with Gasteiger partial charge in [-0.05, 0) is 74.2 Å². The predicted octanol–water partition coefficient (Wildman–Crippen LogP) is 3.03. The molecular weight excluding hydrogens is 442 g/mol. The van der Waals surface area contributed by atoms with Crippen molar-refractivity contribution < 1.29 is 22.7 Å². The number of rotatable bonds is 5. The van der Waals surface area contributed by atoms with Crippen LogP contribution in [0.3, 0.4) is 0 Å². The zero-order valence-corrected chi connectivity index (χ0v) is 19.9. The summed E-state index contributed by atoms with van der Waals surface area (Å²) >= 11 is 0. The third kappa shape index (κ3) is 4.60. The third-order valence-electron chi connectivity index (χ3n) is 6.36. The van der Waals surface area contributed by atoms with E-state index >= 15 is 0 Å². The lowest BCUT2D eigenvalue weighted by molar-refractivity contribution is -0.121. The summed E-state index contributed by atoms with van der Waals surface area (Å²) in [4.78, 5) is 26.7. The molecule has 0 spiro atoms. The lowest BCUT2D eigenvalue weighted by atomic mass is 9.99. The van der Waals surface area contributed by atoms with Crippen LogP contribution in [0, 0.1) is 5.92 Å². The Morgan fingerprint density at radius 1 is 1.12 bits per heavy atom. The van der Waals surface area contributed by atoms with E-state index in [4.69, 9.17) is 4.74 Å². The zero-order valence-electron chi connectivity index (χ0n) is 19.1. The summed E-state index contributed by atoms with van der Waals surface area (Å²) in [5, 5.41) is 2.88. The molecule has 2 aromatic rings. The maximum Gasteiger partial charge on any atom is 0.243 e. The molecule has 2 aliphatic rings. The molecule has 1 fully saturated rings. The second-order valence-corrected chi connectivity index (χ2v) is 10.6. The monoisotopic (exact) mass is 471 g/mol. The smallest absolute Gasteiger partial charge is 0.243 e. The molecule has 2 amide bonds. The maximum absolute atomic E-state index is 13.4. The largest absolute Gasteiger partial charge is 0.497 e. The van der Waals surface area contributed by atoms with Crippen LogP contribution in [-0.2, 0) is 26.0 Å². The number of amides is 2. The standard InChI is InChI=1S/C24H29N3O5S/c1-16-13-19-14-22(10-11-23(19)27(16)17(2)28)33(30,31)26-12-4-5-18(15-26)24(29)25-20-6-8-21(32-3)9-7-20/h6-11,14,16,18H,4-5,12-13,15H2,1-3H3,(H,25,29)/t16-,18+/m0/s1. The number of nitrogens with zero attached hydrogens (tertiary/aromatic N) is 2. The molecule has 0 saturated carbocycles. The molecule has 176 valence electrons. The molecule has 1 N–H and O–H groups in total. The van der Waals surface area contributed by atoms with Gasteiger partial charge in [0.05, 0.1) is 17.9 Å². The molecule has 1 saturated heterocycles. The lowest BCUT2D eigenvalue weighted by Gasteiger charge is -2.31. The summed E-state index contributed by atoms with van der Waals surface area (Å²) in [7, 11) is -2.18. The van der Waals surface area contributed by atoms with Gasteiger partial charge in [0.25, 0.3) is 0 Å². The van der Waals surface area contributed by atoms with Gasteiger partial charge in [0.1, 0.15) is 5.75 Å². The molecule has 0 aromatic heterocycles. The van der Waals surface area contributed by atoms with Crippen molar-refractivity contribution in [3.63, 3.8) is 0 Å². The molecule has 0 bridgehead atoms. The van der Waals surface area contributed by atoms with Gasteiger partial charge in [0.2, 0.25) is 21.8 Å². The number of fused-ring (bicyclic) bond motifs is 1. The SMILES string of the molecule is COc1ccc(NC(=O)[C@@H]2CCCN(S(=O)(=O)c3ccc4c(c3)C[C@H](C)N4C(C)=O)C2)cc1. The average molecular weight is 472 g/mol. The normalized spacial score (nSPS) is 20.9. The van der Waals surface area contributed by atoms with E-state index in [1.165, 1.54) is 11.2 Å². The van der Waals surface area contributed by atoms with Gasteiger partial charge >= 0.3 is 0 Å². The van der Waals surface area contributed by atoms with Crippen molar-refractivity contribution in [3.8, 4) is 5.75 Å². The van der Waals surface area contributed by atoms with Crippen LogP contribution < -0.4 is 15.0 Å². The second-order valence-electron chi connectivity index (χ2n) is 8.65. The summed E-state index contributed by atoms with van der Waals surface area (Å²) in [6.07, 6.45) is 1.86. The number of carbonyl (C=O) groups excluding carboxylic acids is 2. The van der Waals surface area contributed by atoms with Crippen LogP contribution >= 0.6 is 0 Å². The van der Waals surface area contributed by atoms with Crippen molar-refractivity contribution >= 4 is 33.2 Å². The van der Waals surface area contributed by atoms with E-state index in [0.29, 0.717) is 37.2 Å². The summed E-state index contributed by atoms with van der Waals surface area (Å²) < 4.78 is 33.3. The second kappa shape index (κ2) is 9.15. The highest BCUT2D eigenvalue weighted by molar-refractivity contribution is 7.89. The topological polar surface area (TPSA) is 96.0 Å². The molecule has 33 heavy (non-hydrogen) atoms. The molecule has 2 aliphatic heterocycles. The first-order valence-corrected chi connectivity index (χ1v) is 12.5. The Bertz CT molecular complexity index is 1160. The molecule has 2 heterocycles. The fourth-order valence-electron chi connectivity index (χ4n) is 4.69. The number of benzene rings is 2. The molecule has 0 unspecified atom stereocenters. The summed E-state index contributed by atoms with van der Waals surface area (Å²) in [6.45, 7) is 3.98. The van der Waals surface area contributed by atoms with Crippen LogP contribution in [0.15, 0.2) is 47.4 Å². The van der Waals surface area contributed by atoms with Crippen LogP contribution in [0.1, 0.15) is 32.3 Å². The van der Waals surface area contributed by atoms with Crippen LogP contribution in [-0.4, -0.2) is 50.8 Å². The van der Waals surface area contributed by atoms with E-state index in [2.05, 4.69) is 5.32 Å². The predicted molar refractivity (Wildman–Crippen MR) is 126 cm³/mol. The minimum atomic E-state index is -3.75. The fourth-order valence-corrected chi connectivity index (χ4v) is 6.27. The van der Waals surface area contributed by atoms with E-state index in [0.717, 1.165) is 11.3 Å². The highest BCUT2D eigenvalue weighted by Gasteiger charge is 2.35.